The van der Waals surface area contributed by atoms with Gasteiger partial charge in [0, 0.05) is 5.56 Å². The highest BCUT2D eigenvalue weighted by Gasteiger charge is 2.22. The summed E-state index contributed by atoms with van der Waals surface area (Å²) in [6.07, 6.45) is -0.0358. The summed E-state index contributed by atoms with van der Waals surface area (Å²) in [6, 6.07) is 21.1. The summed E-state index contributed by atoms with van der Waals surface area (Å²) in [7, 11) is 0. The summed E-state index contributed by atoms with van der Waals surface area (Å²) in [5.41, 5.74) is 1.27. The fraction of sp³-hybridized carbons (Fsp3) is 0.200. The molecule has 6 heteroatoms. The molecule has 0 fully saturated rings. The lowest BCUT2D eigenvalue weighted by Crippen LogP contribution is -2.37. The van der Waals surface area contributed by atoms with Crippen molar-refractivity contribution in [2.24, 2.45) is 0 Å². The predicted octanol–water partition coefficient (Wildman–Crippen LogP) is 2.42. The first-order valence-corrected chi connectivity index (χ1v) is 8.08. The van der Waals surface area contributed by atoms with Crippen molar-refractivity contribution in [2.75, 3.05) is 13.1 Å². The van der Waals surface area contributed by atoms with E-state index in [0.717, 1.165) is 5.56 Å². The maximum absolute atomic E-state index is 12.5. The number of nitrogens with one attached hydrogen (secondary N) is 1. The van der Waals surface area contributed by atoms with Gasteiger partial charge in [-0.3, -0.25) is 9.59 Å². The molecule has 0 saturated carbocycles. The second-order valence-corrected chi connectivity index (χ2v) is 5.57. The van der Waals surface area contributed by atoms with E-state index in [0.29, 0.717) is 5.56 Å². The Labute approximate surface area is 152 Å². The van der Waals surface area contributed by atoms with Gasteiger partial charge in [0.1, 0.15) is 13.1 Å². The number of amides is 2. The Bertz CT molecular complexity index is 806. The molecule has 2 aromatic carbocycles. The Morgan fingerprint density at radius 3 is 2.00 bits per heavy atom. The van der Waals surface area contributed by atoms with Crippen molar-refractivity contribution in [3.8, 4) is 12.1 Å². The Morgan fingerprint density at radius 2 is 1.46 bits per heavy atom. The Hall–Kier alpha value is -3.64. The van der Waals surface area contributed by atoms with Crippen LogP contribution in [0.2, 0.25) is 0 Å². The number of carbonyl (C=O) groups excluding carboxylic acids is 2. The molecule has 0 radical (unpaired) electrons. The van der Waals surface area contributed by atoms with E-state index in [1.54, 1.807) is 24.3 Å². The lowest BCUT2D eigenvalue weighted by Gasteiger charge is -2.22. The summed E-state index contributed by atoms with van der Waals surface area (Å²) in [5.74, 6) is -0.658. The smallest absolute Gasteiger partial charge is 0.251 e. The van der Waals surface area contributed by atoms with Gasteiger partial charge in [0.2, 0.25) is 5.91 Å². The fourth-order valence-corrected chi connectivity index (χ4v) is 2.48. The molecule has 0 aliphatic heterocycles. The van der Waals surface area contributed by atoms with Crippen LogP contribution in [0, 0.1) is 22.7 Å². The van der Waals surface area contributed by atoms with Crippen LogP contribution in [0.4, 0.5) is 0 Å². The predicted molar refractivity (Wildman–Crippen MR) is 95.5 cm³/mol. The third kappa shape index (κ3) is 5.19. The van der Waals surface area contributed by atoms with Crippen LogP contribution in [0.25, 0.3) is 0 Å². The van der Waals surface area contributed by atoms with Crippen LogP contribution in [0.5, 0.6) is 0 Å². The molecule has 2 aromatic rings. The van der Waals surface area contributed by atoms with Gasteiger partial charge >= 0.3 is 0 Å². The number of nitrogens with zero attached hydrogens (tertiary/aromatic N) is 3. The summed E-state index contributed by atoms with van der Waals surface area (Å²) in [6.45, 7) is -0.332. The monoisotopic (exact) mass is 346 g/mol. The molecule has 0 aliphatic carbocycles. The zero-order valence-corrected chi connectivity index (χ0v) is 14.1. The van der Waals surface area contributed by atoms with Gasteiger partial charge in [-0.2, -0.15) is 10.5 Å². The van der Waals surface area contributed by atoms with Gasteiger partial charge < -0.3 is 10.2 Å². The van der Waals surface area contributed by atoms with Crippen LogP contribution in [-0.2, 0) is 4.79 Å². The summed E-state index contributed by atoms with van der Waals surface area (Å²) >= 11 is 0. The van der Waals surface area contributed by atoms with Crippen LogP contribution >= 0.6 is 0 Å². The van der Waals surface area contributed by atoms with Crippen molar-refractivity contribution < 1.29 is 9.59 Å². The molecule has 6 nitrogen and oxygen atoms in total. The van der Waals surface area contributed by atoms with Gasteiger partial charge in [0.15, 0.2) is 0 Å². The minimum atomic E-state index is -0.559. The van der Waals surface area contributed by atoms with Gasteiger partial charge in [-0.15, -0.1) is 0 Å². The van der Waals surface area contributed by atoms with Crippen molar-refractivity contribution in [3.05, 3.63) is 71.8 Å². The average molecular weight is 346 g/mol. The number of benzene rings is 2. The highest BCUT2D eigenvalue weighted by Crippen LogP contribution is 2.19. The van der Waals surface area contributed by atoms with Crippen LogP contribution in [-0.4, -0.2) is 29.8 Å². The highest BCUT2D eigenvalue weighted by molar-refractivity contribution is 5.94. The normalized spacial score (nSPS) is 10.8. The van der Waals surface area contributed by atoms with E-state index in [-0.39, 0.29) is 31.3 Å². The van der Waals surface area contributed by atoms with Gasteiger partial charge in [0.25, 0.3) is 5.91 Å². The van der Waals surface area contributed by atoms with E-state index in [1.165, 1.54) is 4.90 Å². The first kappa shape index (κ1) is 18.7. The Morgan fingerprint density at radius 1 is 0.923 bits per heavy atom. The molecule has 130 valence electrons. The average Bonchev–Trinajstić information content (AvgIpc) is 2.68. The molecule has 1 N–H and O–H groups in total. The molecule has 2 rings (SSSR count). The molecule has 1 atom stereocenters. The quantitative estimate of drug-likeness (QED) is 0.779. The number of hydrogen-bond acceptors (Lipinski definition) is 4. The van der Waals surface area contributed by atoms with Crippen LogP contribution in [0.3, 0.4) is 0 Å². The van der Waals surface area contributed by atoms with Crippen molar-refractivity contribution in [1.82, 2.24) is 10.2 Å². The third-order valence-corrected chi connectivity index (χ3v) is 3.80. The maximum Gasteiger partial charge on any atom is 0.251 e. The molecule has 0 spiro atoms. The van der Waals surface area contributed by atoms with Gasteiger partial charge in [0.05, 0.1) is 24.6 Å². The van der Waals surface area contributed by atoms with E-state index in [4.69, 9.17) is 10.5 Å². The lowest BCUT2D eigenvalue weighted by molar-refractivity contribution is -0.130. The standard InChI is InChI=1S/C20H18N4O2/c21-11-13-24(14-12-22)19(25)15-18(16-7-3-1-4-8-16)23-20(26)17-9-5-2-6-10-17/h1-10,18H,13-15H2,(H,23,26)/t18-/m0/s1. The molecule has 2 amide bonds. The topological polar surface area (TPSA) is 97.0 Å². The SMILES string of the molecule is N#CCN(CC#N)C(=O)C[C@H](NC(=O)c1ccccc1)c1ccccc1. The zero-order chi connectivity index (χ0) is 18.8. The first-order chi connectivity index (χ1) is 12.7. The summed E-state index contributed by atoms with van der Waals surface area (Å²) in [4.78, 5) is 26.2. The van der Waals surface area contributed by atoms with Crippen molar-refractivity contribution >= 4 is 11.8 Å². The van der Waals surface area contributed by atoms with E-state index in [1.807, 2.05) is 48.5 Å². The molecule has 0 aliphatic rings. The van der Waals surface area contributed by atoms with E-state index in [9.17, 15) is 9.59 Å². The van der Waals surface area contributed by atoms with E-state index >= 15 is 0 Å². The molecular weight excluding hydrogens is 328 g/mol. The molecule has 0 aromatic heterocycles. The van der Waals surface area contributed by atoms with Crippen LogP contribution < -0.4 is 5.32 Å². The van der Waals surface area contributed by atoms with Gasteiger partial charge in [-0.1, -0.05) is 48.5 Å². The van der Waals surface area contributed by atoms with Crippen molar-refractivity contribution in [2.45, 2.75) is 12.5 Å². The van der Waals surface area contributed by atoms with Crippen molar-refractivity contribution in [3.63, 3.8) is 0 Å². The van der Waals surface area contributed by atoms with E-state index in [2.05, 4.69) is 5.32 Å². The fourth-order valence-electron chi connectivity index (χ4n) is 2.48. The first-order valence-electron chi connectivity index (χ1n) is 8.08. The lowest BCUT2D eigenvalue weighted by atomic mass is 10.0. The minimum absolute atomic E-state index is 0.0358. The molecule has 26 heavy (non-hydrogen) atoms. The summed E-state index contributed by atoms with van der Waals surface area (Å²) < 4.78 is 0. The zero-order valence-electron chi connectivity index (χ0n) is 14.1. The highest BCUT2D eigenvalue weighted by atomic mass is 16.2. The van der Waals surface area contributed by atoms with Gasteiger partial charge in [-0.05, 0) is 17.7 Å². The second kappa shape index (κ2) is 9.61. The van der Waals surface area contributed by atoms with Crippen molar-refractivity contribution in [1.29, 1.82) is 10.5 Å². The minimum Gasteiger partial charge on any atom is -0.345 e. The number of hydrogen-bond donors (Lipinski definition) is 1. The third-order valence-electron chi connectivity index (χ3n) is 3.80. The molecule has 0 heterocycles. The number of nitriles is 2. The molecular formula is C20H18N4O2. The second-order valence-electron chi connectivity index (χ2n) is 5.57. The molecule has 0 unspecified atom stereocenters. The Kier molecular flexibility index (Phi) is 6.91. The van der Waals surface area contributed by atoms with Crippen LogP contribution in [0.1, 0.15) is 28.4 Å². The molecule has 0 bridgehead atoms. The number of carbonyl (C=O) groups is 2. The summed E-state index contributed by atoms with van der Waals surface area (Å²) in [5, 5.41) is 20.5. The maximum atomic E-state index is 12.5. The van der Waals surface area contributed by atoms with Gasteiger partial charge in [-0.25, -0.2) is 0 Å². The van der Waals surface area contributed by atoms with E-state index < -0.39 is 6.04 Å². The Balaban J connectivity index is 2.19. The largest absolute Gasteiger partial charge is 0.345 e. The molecule has 0 saturated heterocycles. The van der Waals surface area contributed by atoms with Crippen LogP contribution in [0.15, 0.2) is 60.7 Å². The number of rotatable bonds is 7.